The summed E-state index contributed by atoms with van der Waals surface area (Å²) in [7, 11) is 3.27. The van der Waals surface area contributed by atoms with Gasteiger partial charge in [0.2, 0.25) is 11.8 Å². The van der Waals surface area contributed by atoms with Crippen LogP contribution in [-0.2, 0) is 9.59 Å². The first-order valence-corrected chi connectivity index (χ1v) is 9.66. The van der Waals surface area contributed by atoms with E-state index in [0.29, 0.717) is 5.69 Å². The van der Waals surface area contributed by atoms with Gasteiger partial charge in [-0.2, -0.15) is 0 Å². The van der Waals surface area contributed by atoms with Gasteiger partial charge in [0.1, 0.15) is 0 Å². The maximum absolute atomic E-state index is 12.4. The molecule has 2 amide bonds. The monoisotopic (exact) mass is 402 g/mol. The van der Waals surface area contributed by atoms with Crippen molar-refractivity contribution in [1.29, 1.82) is 0 Å². The molecule has 2 aromatic carbocycles. The van der Waals surface area contributed by atoms with Gasteiger partial charge in [-0.15, -0.1) is 11.8 Å². The second-order valence-corrected chi connectivity index (χ2v) is 7.00. The molecule has 148 valence electrons. The Morgan fingerprint density at radius 2 is 1.71 bits per heavy atom. The second-order valence-electron chi connectivity index (χ2n) is 6.15. The molecular weight excluding hydrogens is 380 g/mol. The number of nitro groups is 1. The average Bonchev–Trinajstić information content (AvgIpc) is 2.67. The number of anilines is 2. The smallest absolute Gasteiger partial charge is 0.269 e. The van der Waals surface area contributed by atoms with Crippen LogP contribution in [0.15, 0.2) is 53.4 Å². The molecule has 0 unspecified atom stereocenters. The van der Waals surface area contributed by atoms with Gasteiger partial charge in [-0.05, 0) is 37.6 Å². The number of rotatable bonds is 8. The van der Waals surface area contributed by atoms with Gasteiger partial charge in [0, 0.05) is 29.8 Å². The topological polar surface area (TPSA) is 95.8 Å². The van der Waals surface area contributed by atoms with Crippen LogP contribution in [0.25, 0.3) is 0 Å². The minimum Gasteiger partial charge on any atom is -0.324 e. The van der Waals surface area contributed by atoms with Gasteiger partial charge in [0.05, 0.1) is 23.7 Å². The summed E-state index contributed by atoms with van der Waals surface area (Å²) in [6.07, 6.45) is 1.93. The number of hydrogen-bond acceptors (Lipinski definition) is 6. The van der Waals surface area contributed by atoms with E-state index in [2.05, 4.69) is 5.32 Å². The van der Waals surface area contributed by atoms with Crippen molar-refractivity contribution < 1.29 is 14.5 Å². The van der Waals surface area contributed by atoms with Crippen molar-refractivity contribution in [2.75, 3.05) is 43.7 Å². The fraction of sp³-hybridized carbons (Fsp3) is 0.263. The second kappa shape index (κ2) is 9.86. The first-order valence-electron chi connectivity index (χ1n) is 8.44. The highest BCUT2D eigenvalue weighted by Gasteiger charge is 2.17. The lowest BCUT2D eigenvalue weighted by atomic mass is 10.2. The van der Waals surface area contributed by atoms with Crippen LogP contribution in [0.4, 0.5) is 17.1 Å². The molecule has 2 rings (SSSR count). The first kappa shape index (κ1) is 21.4. The zero-order valence-corrected chi connectivity index (χ0v) is 16.7. The zero-order valence-electron chi connectivity index (χ0n) is 15.9. The lowest BCUT2D eigenvalue weighted by Gasteiger charge is -2.21. The van der Waals surface area contributed by atoms with Crippen LogP contribution in [0.2, 0.25) is 0 Å². The Kier molecular flexibility index (Phi) is 7.53. The van der Waals surface area contributed by atoms with Crippen LogP contribution >= 0.6 is 11.8 Å². The van der Waals surface area contributed by atoms with Crippen LogP contribution in [0, 0.1) is 10.1 Å². The number of para-hydroxylation sites is 1. The van der Waals surface area contributed by atoms with E-state index in [1.165, 1.54) is 40.9 Å². The van der Waals surface area contributed by atoms with Gasteiger partial charge in [0.25, 0.3) is 5.69 Å². The normalized spacial score (nSPS) is 10.6. The third-order valence-electron chi connectivity index (χ3n) is 4.02. The Hall–Kier alpha value is -2.91. The number of non-ortho nitro benzene ring substituents is 1. The Morgan fingerprint density at radius 3 is 2.32 bits per heavy atom. The summed E-state index contributed by atoms with van der Waals surface area (Å²) in [4.78, 5) is 38.9. The number of carbonyl (C=O) groups is 2. The number of carbonyl (C=O) groups excluding carboxylic acids is 2. The number of thioether (sulfide) groups is 1. The molecule has 0 bridgehead atoms. The van der Waals surface area contributed by atoms with E-state index in [4.69, 9.17) is 0 Å². The van der Waals surface area contributed by atoms with Crippen LogP contribution in [0.1, 0.15) is 0 Å². The lowest BCUT2D eigenvalue weighted by Crippen LogP contribution is -2.39. The molecule has 0 atom stereocenters. The van der Waals surface area contributed by atoms with Crippen molar-refractivity contribution in [2.24, 2.45) is 0 Å². The molecule has 9 heteroatoms. The molecule has 0 fully saturated rings. The largest absolute Gasteiger partial charge is 0.324 e. The van der Waals surface area contributed by atoms with Crippen molar-refractivity contribution in [3.63, 3.8) is 0 Å². The quantitative estimate of drug-likeness (QED) is 0.414. The number of benzene rings is 2. The predicted octanol–water partition coefficient (Wildman–Crippen LogP) is 2.85. The van der Waals surface area contributed by atoms with Crippen molar-refractivity contribution in [3.8, 4) is 0 Å². The van der Waals surface area contributed by atoms with Gasteiger partial charge < -0.3 is 10.2 Å². The van der Waals surface area contributed by atoms with Crippen LogP contribution < -0.4 is 10.2 Å². The molecule has 0 saturated heterocycles. The number of hydrogen-bond donors (Lipinski definition) is 1. The molecule has 8 nitrogen and oxygen atoms in total. The molecule has 2 aromatic rings. The van der Waals surface area contributed by atoms with Crippen LogP contribution in [0.5, 0.6) is 0 Å². The molecule has 0 aromatic heterocycles. The number of nitrogens with one attached hydrogen (secondary N) is 1. The maximum Gasteiger partial charge on any atom is 0.269 e. The summed E-state index contributed by atoms with van der Waals surface area (Å²) in [5, 5.41) is 13.6. The Bertz CT molecular complexity index is 857. The summed E-state index contributed by atoms with van der Waals surface area (Å²) in [6.45, 7) is 0.0909. The van der Waals surface area contributed by atoms with E-state index < -0.39 is 4.92 Å². The van der Waals surface area contributed by atoms with E-state index in [9.17, 15) is 19.7 Å². The summed E-state index contributed by atoms with van der Waals surface area (Å²) in [5.41, 5.74) is 1.24. The lowest BCUT2D eigenvalue weighted by molar-refractivity contribution is -0.384. The third kappa shape index (κ3) is 5.80. The van der Waals surface area contributed by atoms with Crippen LogP contribution in [-0.4, -0.2) is 55.1 Å². The van der Waals surface area contributed by atoms with Gasteiger partial charge in [-0.25, -0.2) is 0 Å². The van der Waals surface area contributed by atoms with Crippen molar-refractivity contribution in [2.45, 2.75) is 4.90 Å². The SMILES string of the molecule is CSc1ccccc1NC(=O)CN(C)CC(=O)N(C)c1ccc([N+](=O)[O-])cc1. The molecule has 0 heterocycles. The zero-order chi connectivity index (χ0) is 20.7. The first-order chi connectivity index (χ1) is 13.3. The summed E-state index contributed by atoms with van der Waals surface area (Å²) in [5.74, 6) is -0.441. The fourth-order valence-electron chi connectivity index (χ4n) is 2.52. The number of likely N-dealkylation sites (N-methyl/N-ethyl adjacent to an activating group) is 2. The molecule has 0 aliphatic carbocycles. The molecule has 0 radical (unpaired) electrons. The predicted molar refractivity (Wildman–Crippen MR) is 111 cm³/mol. The number of nitro benzene ring substituents is 1. The summed E-state index contributed by atoms with van der Waals surface area (Å²) >= 11 is 1.54. The maximum atomic E-state index is 12.4. The van der Waals surface area contributed by atoms with E-state index in [1.54, 1.807) is 19.0 Å². The highest BCUT2D eigenvalue weighted by Crippen LogP contribution is 2.24. The average molecular weight is 402 g/mol. The van der Waals surface area contributed by atoms with Gasteiger partial charge >= 0.3 is 0 Å². The molecule has 0 aliphatic heterocycles. The molecule has 0 saturated carbocycles. The molecule has 0 spiro atoms. The minimum absolute atomic E-state index is 0.0328. The van der Waals surface area contributed by atoms with Crippen molar-refractivity contribution >= 4 is 40.6 Å². The summed E-state index contributed by atoms with van der Waals surface area (Å²) in [6, 6.07) is 13.2. The third-order valence-corrected chi connectivity index (χ3v) is 4.82. The number of amides is 2. The highest BCUT2D eigenvalue weighted by molar-refractivity contribution is 7.98. The molecular formula is C19H22N4O4S. The van der Waals surface area contributed by atoms with Gasteiger partial charge in [0.15, 0.2) is 0 Å². The van der Waals surface area contributed by atoms with E-state index >= 15 is 0 Å². The standard InChI is InChI=1S/C19H22N4O4S/c1-21(12-18(24)20-16-6-4-5-7-17(16)28-3)13-19(25)22(2)14-8-10-15(11-9-14)23(26)27/h4-11H,12-13H2,1-3H3,(H,20,24). The van der Waals surface area contributed by atoms with Gasteiger partial charge in [-0.1, -0.05) is 12.1 Å². The van der Waals surface area contributed by atoms with Gasteiger partial charge in [-0.3, -0.25) is 24.6 Å². The van der Waals surface area contributed by atoms with E-state index in [0.717, 1.165) is 10.6 Å². The molecule has 0 aliphatic rings. The molecule has 1 N–H and O–H groups in total. The Morgan fingerprint density at radius 1 is 1.07 bits per heavy atom. The number of nitrogens with zero attached hydrogens (tertiary/aromatic N) is 3. The fourth-order valence-corrected chi connectivity index (χ4v) is 3.07. The Labute approximate surface area is 167 Å². The molecule has 28 heavy (non-hydrogen) atoms. The Balaban J connectivity index is 1.90. The van der Waals surface area contributed by atoms with Crippen LogP contribution in [0.3, 0.4) is 0 Å². The van der Waals surface area contributed by atoms with Crippen molar-refractivity contribution in [1.82, 2.24) is 4.90 Å². The summed E-state index contributed by atoms with van der Waals surface area (Å²) < 4.78 is 0. The highest BCUT2D eigenvalue weighted by atomic mass is 32.2. The van der Waals surface area contributed by atoms with Crippen molar-refractivity contribution in [3.05, 3.63) is 58.6 Å². The van der Waals surface area contributed by atoms with E-state index in [-0.39, 0.29) is 30.6 Å². The van der Waals surface area contributed by atoms with E-state index in [1.807, 2.05) is 30.5 Å². The minimum atomic E-state index is -0.493.